The van der Waals surface area contributed by atoms with E-state index in [2.05, 4.69) is 4.72 Å². The Morgan fingerprint density at radius 2 is 1.79 bits per heavy atom. The topological polar surface area (TPSA) is 81.7 Å². The zero-order chi connectivity index (χ0) is 18.3. The number of hydrogen-bond acceptors (Lipinski definition) is 5. The molecule has 1 aromatic carbocycles. The van der Waals surface area contributed by atoms with E-state index < -0.39 is 32.7 Å². The molecule has 0 aliphatic heterocycles. The molecule has 0 unspecified atom stereocenters. The number of nitrogens with one attached hydrogen (secondary N) is 1. The summed E-state index contributed by atoms with van der Waals surface area (Å²) in [5.41, 5.74) is 0. The van der Waals surface area contributed by atoms with E-state index in [1.54, 1.807) is 13.8 Å². The third-order valence-corrected chi connectivity index (χ3v) is 4.58. The van der Waals surface area contributed by atoms with Gasteiger partial charge in [0.05, 0.1) is 12.7 Å². The number of sulfonamides is 1. The van der Waals surface area contributed by atoms with Crippen molar-refractivity contribution in [3.63, 3.8) is 0 Å². The van der Waals surface area contributed by atoms with Crippen LogP contribution in [0.5, 0.6) is 0 Å². The first-order valence-electron chi connectivity index (χ1n) is 7.70. The fraction of sp³-hybridized carbons (Fsp3) is 0.562. The largest absolute Gasteiger partial charge is 0.462 e. The van der Waals surface area contributed by atoms with Gasteiger partial charge in [0.2, 0.25) is 10.0 Å². The summed E-state index contributed by atoms with van der Waals surface area (Å²) < 4.78 is 50.8. The molecule has 6 nitrogen and oxygen atoms in total. The molecule has 136 valence electrons. The summed E-state index contributed by atoms with van der Waals surface area (Å²) in [5, 5.41) is 0. The molecule has 0 spiro atoms. The Balaban J connectivity index is 2.79. The number of hydrogen-bond donors (Lipinski definition) is 1. The van der Waals surface area contributed by atoms with Crippen LogP contribution in [0.25, 0.3) is 0 Å². The highest BCUT2D eigenvalue weighted by atomic mass is 32.2. The van der Waals surface area contributed by atoms with Crippen LogP contribution in [0, 0.1) is 11.7 Å². The molecule has 24 heavy (non-hydrogen) atoms. The van der Waals surface area contributed by atoms with E-state index in [0.29, 0.717) is 0 Å². The molecule has 0 radical (unpaired) electrons. The molecular formula is C16H24FNO5S. The quantitative estimate of drug-likeness (QED) is 0.538. The van der Waals surface area contributed by atoms with Gasteiger partial charge in [-0.1, -0.05) is 26.0 Å². The smallest absolute Gasteiger partial charge is 0.324 e. The van der Waals surface area contributed by atoms with Crippen LogP contribution >= 0.6 is 0 Å². The molecule has 1 N–H and O–H groups in total. The molecule has 0 aliphatic rings. The van der Waals surface area contributed by atoms with Crippen LogP contribution in [-0.2, 0) is 24.3 Å². The van der Waals surface area contributed by atoms with E-state index >= 15 is 0 Å². The van der Waals surface area contributed by atoms with E-state index in [9.17, 15) is 17.6 Å². The van der Waals surface area contributed by atoms with Crippen molar-refractivity contribution in [2.45, 2.75) is 44.7 Å². The van der Waals surface area contributed by atoms with Crippen molar-refractivity contribution >= 4 is 16.0 Å². The van der Waals surface area contributed by atoms with Gasteiger partial charge in [0.1, 0.15) is 23.4 Å². The molecule has 0 aromatic heterocycles. The van der Waals surface area contributed by atoms with Crippen molar-refractivity contribution in [3.8, 4) is 0 Å². The number of carbonyl (C=O) groups is 1. The normalized spacial score (nSPS) is 13.3. The second kappa shape index (κ2) is 9.10. The van der Waals surface area contributed by atoms with Crippen LogP contribution in [-0.4, -0.2) is 39.7 Å². The summed E-state index contributed by atoms with van der Waals surface area (Å²) >= 11 is 0. The Morgan fingerprint density at radius 3 is 2.33 bits per heavy atom. The zero-order valence-electron chi connectivity index (χ0n) is 14.3. The third kappa shape index (κ3) is 6.18. The van der Waals surface area contributed by atoms with Crippen LogP contribution in [0.3, 0.4) is 0 Å². The first-order valence-corrected chi connectivity index (χ1v) is 9.18. The number of carbonyl (C=O) groups excluding carboxylic acids is 1. The molecule has 0 saturated carbocycles. The first kappa shape index (κ1) is 20.5. The number of rotatable bonds is 9. The van der Waals surface area contributed by atoms with Crippen molar-refractivity contribution in [2.75, 3.05) is 13.2 Å². The van der Waals surface area contributed by atoms with E-state index in [0.717, 1.165) is 12.1 Å². The van der Waals surface area contributed by atoms with Gasteiger partial charge in [-0.15, -0.1) is 0 Å². The Morgan fingerprint density at radius 1 is 1.17 bits per heavy atom. The Hall–Kier alpha value is -1.51. The summed E-state index contributed by atoms with van der Waals surface area (Å²) in [4.78, 5) is 11.6. The Kier molecular flexibility index (Phi) is 7.78. The summed E-state index contributed by atoms with van der Waals surface area (Å²) in [7, 11) is -4.18. The fourth-order valence-corrected chi connectivity index (χ4v) is 3.28. The maximum Gasteiger partial charge on any atom is 0.324 e. The van der Waals surface area contributed by atoms with Crippen molar-refractivity contribution in [1.29, 1.82) is 0 Å². The van der Waals surface area contributed by atoms with Gasteiger partial charge in [0.25, 0.3) is 0 Å². The van der Waals surface area contributed by atoms with Crippen LogP contribution < -0.4 is 4.72 Å². The van der Waals surface area contributed by atoms with E-state index in [1.165, 1.54) is 12.1 Å². The second-order valence-corrected chi connectivity index (χ2v) is 7.54. The van der Waals surface area contributed by atoms with Crippen molar-refractivity contribution in [3.05, 3.63) is 30.1 Å². The summed E-state index contributed by atoms with van der Waals surface area (Å²) in [5.74, 6) is -1.98. The maximum absolute atomic E-state index is 13.7. The first-order chi connectivity index (χ1) is 11.1. The van der Waals surface area contributed by atoms with E-state index in [4.69, 9.17) is 9.47 Å². The van der Waals surface area contributed by atoms with Gasteiger partial charge in [0.15, 0.2) is 0 Å². The van der Waals surface area contributed by atoms with E-state index in [-0.39, 0.29) is 25.2 Å². The van der Waals surface area contributed by atoms with Gasteiger partial charge < -0.3 is 9.47 Å². The Bertz CT molecular complexity index is 646. The second-order valence-electron chi connectivity index (χ2n) is 5.86. The SMILES string of the molecule is CC(C)OCCOC(=O)[C@@H](NS(=O)(=O)c1ccccc1F)C(C)C. The molecule has 0 bridgehead atoms. The van der Waals surface area contributed by atoms with Crippen molar-refractivity contribution in [2.24, 2.45) is 5.92 Å². The van der Waals surface area contributed by atoms with Gasteiger partial charge in [-0.25, -0.2) is 12.8 Å². The van der Waals surface area contributed by atoms with Gasteiger partial charge in [0, 0.05) is 0 Å². The van der Waals surface area contributed by atoms with Gasteiger partial charge >= 0.3 is 5.97 Å². The van der Waals surface area contributed by atoms with Crippen LogP contribution in [0.2, 0.25) is 0 Å². The van der Waals surface area contributed by atoms with Gasteiger partial charge in [-0.2, -0.15) is 4.72 Å². The Labute approximate surface area is 142 Å². The van der Waals surface area contributed by atoms with Gasteiger partial charge in [-0.3, -0.25) is 4.79 Å². The number of esters is 1. The number of ether oxygens (including phenoxy) is 2. The molecule has 0 saturated heterocycles. The van der Waals surface area contributed by atoms with Crippen molar-refractivity contribution < 1.29 is 27.1 Å². The summed E-state index contributed by atoms with van der Waals surface area (Å²) in [6.45, 7) is 7.26. The average Bonchev–Trinajstić information content (AvgIpc) is 2.49. The highest BCUT2D eigenvalue weighted by Crippen LogP contribution is 2.16. The maximum atomic E-state index is 13.7. The minimum Gasteiger partial charge on any atom is -0.462 e. The van der Waals surface area contributed by atoms with Gasteiger partial charge in [-0.05, 0) is 31.9 Å². The highest BCUT2D eigenvalue weighted by molar-refractivity contribution is 7.89. The summed E-state index contributed by atoms with van der Waals surface area (Å²) in [6, 6.07) is 3.85. The molecule has 0 aliphatic carbocycles. The predicted octanol–water partition coefficient (Wildman–Crippen LogP) is 2.10. The molecule has 0 amide bonds. The molecule has 1 atom stereocenters. The monoisotopic (exact) mass is 361 g/mol. The lowest BCUT2D eigenvalue weighted by Gasteiger charge is -2.21. The standard InChI is InChI=1S/C16H24FNO5S/c1-11(2)15(16(19)23-10-9-22-12(3)4)18-24(20,21)14-8-6-5-7-13(14)17/h5-8,11-12,15,18H,9-10H2,1-4H3/t15-/m0/s1. The molecule has 0 fully saturated rings. The molecular weight excluding hydrogens is 337 g/mol. The highest BCUT2D eigenvalue weighted by Gasteiger charge is 2.30. The predicted molar refractivity (Wildman–Crippen MR) is 87.4 cm³/mol. The van der Waals surface area contributed by atoms with E-state index in [1.807, 2.05) is 13.8 Å². The summed E-state index contributed by atoms with van der Waals surface area (Å²) in [6.07, 6.45) is 0.00385. The fourth-order valence-electron chi connectivity index (χ4n) is 1.87. The third-order valence-electron chi connectivity index (χ3n) is 3.11. The van der Waals surface area contributed by atoms with Crippen LogP contribution in [0.4, 0.5) is 4.39 Å². The lowest BCUT2D eigenvalue weighted by molar-refractivity contribution is -0.148. The lowest BCUT2D eigenvalue weighted by atomic mass is 10.1. The molecule has 8 heteroatoms. The number of benzene rings is 1. The molecule has 1 rings (SSSR count). The minimum atomic E-state index is -4.18. The van der Waals surface area contributed by atoms with Crippen LogP contribution in [0.15, 0.2) is 29.2 Å². The zero-order valence-corrected chi connectivity index (χ0v) is 15.1. The van der Waals surface area contributed by atoms with Crippen molar-refractivity contribution in [1.82, 2.24) is 4.72 Å². The molecule has 1 aromatic rings. The lowest BCUT2D eigenvalue weighted by Crippen LogP contribution is -2.45. The number of halogens is 1. The minimum absolute atomic E-state index is 0.00385. The van der Waals surface area contributed by atoms with Crippen LogP contribution in [0.1, 0.15) is 27.7 Å². The molecule has 0 heterocycles. The average molecular weight is 361 g/mol.